The van der Waals surface area contributed by atoms with Crippen LogP contribution in [0.3, 0.4) is 0 Å². The minimum Gasteiger partial charge on any atom is -0.204 e. The molecule has 0 bridgehead atoms. The summed E-state index contributed by atoms with van der Waals surface area (Å²) in [6.07, 6.45) is 25.7. The average Bonchev–Trinajstić information content (AvgIpc) is 2.80. The van der Waals surface area contributed by atoms with E-state index in [0.717, 1.165) is 18.4 Å². The zero-order valence-corrected chi connectivity index (χ0v) is 19.9. The van der Waals surface area contributed by atoms with E-state index in [2.05, 4.69) is 13.0 Å². The van der Waals surface area contributed by atoms with Gasteiger partial charge in [-0.05, 0) is 93.2 Å². The lowest BCUT2D eigenvalue weighted by atomic mass is 9.66. The standard InChI is InChI=1S/C29H44F2/c1-2-3-4-5-10-18-29(19-11-7-12-20-29)21-17-26(22-24-13-8-6-9-14-24)25-15-16-27(30)28(31)23-25/h13,15-16,23,26H,2-12,14,17-22H2,1H3. The molecule has 1 atom stereocenters. The first kappa shape index (κ1) is 24.5. The quantitative estimate of drug-likeness (QED) is 0.228. The van der Waals surface area contributed by atoms with Crippen LogP contribution in [0.15, 0.2) is 29.8 Å². The molecule has 31 heavy (non-hydrogen) atoms. The average molecular weight is 431 g/mol. The number of benzene rings is 1. The van der Waals surface area contributed by atoms with E-state index in [-0.39, 0.29) is 0 Å². The Bertz CT molecular complexity index is 684. The molecule has 2 aliphatic carbocycles. The summed E-state index contributed by atoms with van der Waals surface area (Å²) in [6, 6.07) is 4.64. The van der Waals surface area contributed by atoms with E-state index < -0.39 is 11.6 Å². The molecule has 0 N–H and O–H groups in total. The largest absolute Gasteiger partial charge is 0.204 e. The molecule has 0 radical (unpaired) electrons. The maximum atomic E-state index is 14.1. The van der Waals surface area contributed by atoms with Gasteiger partial charge in [-0.3, -0.25) is 0 Å². The minimum atomic E-state index is -0.727. The maximum absolute atomic E-state index is 14.1. The molecule has 0 spiro atoms. The summed E-state index contributed by atoms with van der Waals surface area (Å²) in [5.41, 5.74) is 3.03. The Hall–Kier alpha value is -1.18. The fraction of sp³-hybridized carbons (Fsp3) is 0.724. The summed E-state index contributed by atoms with van der Waals surface area (Å²) in [6.45, 7) is 2.28. The number of allylic oxidation sites excluding steroid dienone is 2. The molecule has 0 aliphatic heterocycles. The third-order valence-corrected chi connectivity index (χ3v) is 8.06. The zero-order valence-electron chi connectivity index (χ0n) is 19.9. The molecule has 1 aromatic carbocycles. The second kappa shape index (κ2) is 12.8. The van der Waals surface area contributed by atoms with E-state index in [1.165, 1.54) is 115 Å². The molecule has 0 saturated heterocycles. The summed E-state index contributed by atoms with van der Waals surface area (Å²) < 4.78 is 27.7. The van der Waals surface area contributed by atoms with Crippen LogP contribution < -0.4 is 0 Å². The minimum absolute atomic E-state index is 0.318. The van der Waals surface area contributed by atoms with Gasteiger partial charge in [0.1, 0.15) is 0 Å². The second-order valence-corrected chi connectivity index (χ2v) is 10.4. The van der Waals surface area contributed by atoms with Crippen LogP contribution in [0.2, 0.25) is 0 Å². The lowest BCUT2D eigenvalue weighted by Gasteiger charge is -2.39. The van der Waals surface area contributed by atoms with Crippen molar-refractivity contribution in [3.05, 3.63) is 47.0 Å². The molecule has 0 nitrogen and oxygen atoms in total. The van der Waals surface area contributed by atoms with Crippen molar-refractivity contribution in [2.45, 2.75) is 128 Å². The lowest BCUT2D eigenvalue weighted by Crippen LogP contribution is -2.25. The van der Waals surface area contributed by atoms with Crippen LogP contribution in [-0.4, -0.2) is 0 Å². The molecule has 2 heteroatoms. The Morgan fingerprint density at radius 3 is 2.39 bits per heavy atom. The number of hydrogen-bond donors (Lipinski definition) is 0. The van der Waals surface area contributed by atoms with Gasteiger partial charge >= 0.3 is 0 Å². The fourth-order valence-electron chi connectivity index (χ4n) is 6.07. The zero-order chi connectivity index (χ0) is 21.9. The molecular weight excluding hydrogens is 386 g/mol. The van der Waals surface area contributed by atoms with Crippen LogP contribution in [0.25, 0.3) is 0 Å². The second-order valence-electron chi connectivity index (χ2n) is 10.4. The monoisotopic (exact) mass is 430 g/mol. The van der Waals surface area contributed by atoms with Crippen molar-refractivity contribution in [3.63, 3.8) is 0 Å². The highest BCUT2D eigenvalue weighted by Crippen LogP contribution is 2.47. The first-order chi connectivity index (χ1) is 15.1. The van der Waals surface area contributed by atoms with E-state index in [1.54, 1.807) is 5.57 Å². The number of halogens is 2. The van der Waals surface area contributed by atoms with Crippen LogP contribution >= 0.6 is 0 Å². The van der Waals surface area contributed by atoms with Gasteiger partial charge in [-0.25, -0.2) is 8.78 Å². The molecule has 1 fully saturated rings. The lowest BCUT2D eigenvalue weighted by molar-refractivity contribution is 0.144. The molecule has 0 aromatic heterocycles. The van der Waals surface area contributed by atoms with Gasteiger partial charge in [0.05, 0.1) is 0 Å². The molecule has 1 aromatic rings. The summed E-state index contributed by atoms with van der Waals surface area (Å²) in [5.74, 6) is -1.10. The van der Waals surface area contributed by atoms with E-state index >= 15 is 0 Å². The normalized spacial score (nSPS) is 19.8. The van der Waals surface area contributed by atoms with Crippen LogP contribution in [-0.2, 0) is 0 Å². The van der Waals surface area contributed by atoms with Crippen molar-refractivity contribution in [3.8, 4) is 0 Å². The van der Waals surface area contributed by atoms with E-state index in [4.69, 9.17) is 0 Å². The third-order valence-electron chi connectivity index (χ3n) is 8.06. The predicted molar refractivity (Wildman–Crippen MR) is 128 cm³/mol. The van der Waals surface area contributed by atoms with E-state index in [1.807, 2.05) is 6.07 Å². The predicted octanol–water partition coefficient (Wildman–Crippen LogP) is 10.0. The molecule has 2 aliphatic rings. The van der Waals surface area contributed by atoms with E-state index in [0.29, 0.717) is 11.3 Å². The van der Waals surface area contributed by atoms with Crippen molar-refractivity contribution in [1.29, 1.82) is 0 Å². The van der Waals surface area contributed by atoms with Crippen LogP contribution in [0.5, 0.6) is 0 Å². The first-order valence-corrected chi connectivity index (χ1v) is 13.2. The highest BCUT2D eigenvalue weighted by Gasteiger charge is 2.32. The summed E-state index contributed by atoms with van der Waals surface area (Å²) >= 11 is 0. The first-order valence-electron chi connectivity index (χ1n) is 13.2. The maximum Gasteiger partial charge on any atom is 0.159 e. The SMILES string of the molecule is CCCCCCCC1(CCC(CC2=CCCCC2)c2ccc(F)c(F)c2)CCCCC1. The Balaban J connectivity index is 1.68. The Morgan fingerprint density at radius 1 is 0.871 bits per heavy atom. The molecule has 0 amide bonds. The third kappa shape index (κ3) is 7.72. The number of hydrogen-bond acceptors (Lipinski definition) is 0. The smallest absolute Gasteiger partial charge is 0.159 e. The fourth-order valence-corrected chi connectivity index (χ4v) is 6.07. The van der Waals surface area contributed by atoms with Crippen LogP contribution in [0, 0.1) is 17.0 Å². The number of rotatable bonds is 12. The van der Waals surface area contributed by atoms with Gasteiger partial charge < -0.3 is 0 Å². The molecule has 1 saturated carbocycles. The molecule has 1 unspecified atom stereocenters. The van der Waals surface area contributed by atoms with Crippen molar-refractivity contribution in [2.24, 2.45) is 5.41 Å². The summed E-state index contributed by atoms with van der Waals surface area (Å²) in [5, 5.41) is 0. The molecular formula is C29H44F2. The summed E-state index contributed by atoms with van der Waals surface area (Å²) in [4.78, 5) is 0. The van der Waals surface area contributed by atoms with E-state index in [9.17, 15) is 8.78 Å². The van der Waals surface area contributed by atoms with Crippen molar-refractivity contribution >= 4 is 0 Å². The van der Waals surface area contributed by atoms with Crippen LogP contribution in [0.1, 0.15) is 134 Å². The van der Waals surface area contributed by atoms with Gasteiger partial charge in [0.15, 0.2) is 11.6 Å². The van der Waals surface area contributed by atoms with Gasteiger partial charge in [-0.15, -0.1) is 0 Å². The highest BCUT2D eigenvalue weighted by molar-refractivity contribution is 5.24. The van der Waals surface area contributed by atoms with Gasteiger partial charge in [-0.2, -0.15) is 0 Å². The highest BCUT2D eigenvalue weighted by atomic mass is 19.2. The molecule has 3 rings (SSSR count). The number of unbranched alkanes of at least 4 members (excludes halogenated alkanes) is 4. The van der Waals surface area contributed by atoms with Crippen molar-refractivity contribution in [1.82, 2.24) is 0 Å². The van der Waals surface area contributed by atoms with Gasteiger partial charge in [0.25, 0.3) is 0 Å². The van der Waals surface area contributed by atoms with Gasteiger partial charge in [0, 0.05) is 0 Å². The van der Waals surface area contributed by atoms with Crippen LogP contribution in [0.4, 0.5) is 8.78 Å². The molecule has 0 heterocycles. The summed E-state index contributed by atoms with van der Waals surface area (Å²) in [7, 11) is 0. The molecule has 174 valence electrons. The topological polar surface area (TPSA) is 0 Å². The Morgan fingerprint density at radius 2 is 1.68 bits per heavy atom. The van der Waals surface area contributed by atoms with Gasteiger partial charge in [-0.1, -0.05) is 76.0 Å². The van der Waals surface area contributed by atoms with Gasteiger partial charge in [0.2, 0.25) is 0 Å². The van der Waals surface area contributed by atoms with Crippen molar-refractivity contribution < 1.29 is 8.78 Å². The van der Waals surface area contributed by atoms with Crippen molar-refractivity contribution in [2.75, 3.05) is 0 Å². The Labute approximate surface area is 189 Å². The Kier molecular flexibility index (Phi) is 10.1.